The molecule has 0 saturated carbocycles. The molecule has 0 unspecified atom stereocenters. The highest BCUT2D eigenvalue weighted by Gasteiger charge is 2.06. The average Bonchev–Trinajstić information content (AvgIpc) is 2.29. The molecule has 3 N–H and O–H groups in total. The number of nitrogens with two attached hydrogens (primary N) is 1. The molecule has 0 saturated heterocycles. The van der Waals surface area contributed by atoms with Gasteiger partial charge < -0.3 is 10.7 Å². The van der Waals surface area contributed by atoms with Crippen LogP contribution in [0.1, 0.15) is 5.56 Å². The van der Waals surface area contributed by atoms with Gasteiger partial charge in [0.2, 0.25) is 0 Å². The number of pyridine rings is 1. The Balaban J connectivity index is 2.54. The topological polar surface area (TPSA) is 58.9 Å². The smallest absolute Gasteiger partial charge is 0.252 e. The van der Waals surface area contributed by atoms with Gasteiger partial charge in [-0.1, -0.05) is 29.3 Å². The Labute approximate surface area is 108 Å². The van der Waals surface area contributed by atoms with Crippen LogP contribution in [0.2, 0.25) is 10.0 Å². The van der Waals surface area contributed by atoms with E-state index in [0.29, 0.717) is 21.3 Å². The van der Waals surface area contributed by atoms with Gasteiger partial charge in [0.05, 0.1) is 5.02 Å². The number of benzene rings is 1. The number of H-pyrrole nitrogens is 1. The molecule has 17 heavy (non-hydrogen) atoms. The van der Waals surface area contributed by atoms with Crippen LogP contribution in [-0.4, -0.2) is 4.98 Å². The first-order valence-electron chi connectivity index (χ1n) is 4.99. The fourth-order valence-electron chi connectivity index (χ4n) is 1.53. The second-order valence-electron chi connectivity index (χ2n) is 3.55. The summed E-state index contributed by atoms with van der Waals surface area (Å²) in [6.45, 7) is 0.212. The first-order valence-corrected chi connectivity index (χ1v) is 5.75. The third-order valence-electron chi connectivity index (χ3n) is 2.43. The summed E-state index contributed by atoms with van der Waals surface area (Å²) in [5.41, 5.74) is 7.15. The van der Waals surface area contributed by atoms with Gasteiger partial charge in [-0.15, -0.1) is 0 Å². The molecule has 0 atom stereocenters. The molecule has 0 radical (unpaired) electrons. The predicted octanol–water partition coefficient (Wildman–Crippen LogP) is 2.81. The molecular formula is C12H10Cl2N2O. The van der Waals surface area contributed by atoms with Crippen molar-refractivity contribution in [2.45, 2.75) is 6.54 Å². The van der Waals surface area contributed by atoms with Crippen LogP contribution in [0.15, 0.2) is 35.1 Å². The zero-order valence-corrected chi connectivity index (χ0v) is 10.3. The molecule has 1 heterocycles. The van der Waals surface area contributed by atoms with E-state index in [1.165, 1.54) is 0 Å². The van der Waals surface area contributed by atoms with Gasteiger partial charge in [0.25, 0.3) is 5.56 Å². The van der Waals surface area contributed by atoms with Crippen LogP contribution in [0.3, 0.4) is 0 Å². The van der Waals surface area contributed by atoms with Crippen molar-refractivity contribution in [2.24, 2.45) is 5.73 Å². The third kappa shape index (κ3) is 2.52. The number of aromatic amines is 1. The zero-order chi connectivity index (χ0) is 12.4. The maximum Gasteiger partial charge on any atom is 0.252 e. The van der Waals surface area contributed by atoms with E-state index in [0.717, 1.165) is 5.56 Å². The van der Waals surface area contributed by atoms with E-state index >= 15 is 0 Å². The van der Waals surface area contributed by atoms with Crippen LogP contribution in [0.25, 0.3) is 11.3 Å². The molecule has 5 heteroatoms. The van der Waals surface area contributed by atoms with Gasteiger partial charge in [-0.3, -0.25) is 4.79 Å². The van der Waals surface area contributed by atoms with Crippen LogP contribution in [0, 0.1) is 0 Å². The molecule has 0 spiro atoms. The maximum absolute atomic E-state index is 11.6. The lowest BCUT2D eigenvalue weighted by atomic mass is 10.1. The van der Waals surface area contributed by atoms with Crippen molar-refractivity contribution >= 4 is 23.2 Å². The van der Waals surface area contributed by atoms with Crippen LogP contribution < -0.4 is 11.3 Å². The summed E-state index contributed by atoms with van der Waals surface area (Å²) in [5, 5.41) is 1.05. The van der Waals surface area contributed by atoms with Crippen LogP contribution in [0.5, 0.6) is 0 Å². The number of rotatable bonds is 2. The van der Waals surface area contributed by atoms with Crippen molar-refractivity contribution in [1.29, 1.82) is 0 Å². The Kier molecular flexibility index (Phi) is 3.52. The highest BCUT2D eigenvalue weighted by Crippen LogP contribution is 2.28. The molecule has 0 aliphatic carbocycles. The Morgan fingerprint density at radius 3 is 2.53 bits per heavy atom. The molecule has 0 aliphatic heterocycles. The van der Waals surface area contributed by atoms with E-state index in [1.807, 2.05) is 0 Å². The first kappa shape index (κ1) is 12.2. The molecule has 0 fully saturated rings. The van der Waals surface area contributed by atoms with Crippen LogP contribution >= 0.6 is 23.2 Å². The number of halogens is 2. The monoisotopic (exact) mass is 268 g/mol. The highest BCUT2D eigenvalue weighted by molar-refractivity contribution is 6.36. The van der Waals surface area contributed by atoms with E-state index in [9.17, 15) is 4.79 Å². The molecule has 1 aromatic heterocycles. The minimum absolute atomic E-state index is 0.198. The first-order chi connectivity index (χ1) is 8.11. The van der Waals surface area contributed by atoms with Crippen LogP contribution in [0.4, 0.5) is 0 Å². The molecule has 3 nitrogen and oxygen atoms in total. The van der Waals surface area contributed by atoms with E-state index in [-0.39, 0.29) is 12.1 Å². The van der Waals surface area contributed by atoms with Crippen molar-refractivity contribution in [2.75, 3.05) is 0 Å². The predicted molar refractivity (Wildman–Crippen MR) is 70.4 cm³/mol. The van der Waals surface area contributed by atoms with Gasteiger partial charge in [0, 0.05) is 28.4 Å². The summed E-state index contributed by atoms with van der Waals surface area (Å²) < 4.78 is 0. The molecule has 0 amide bonds. The SMILES string of the molecule is NCc1ccc(-c2ccc(Cl)cc2Cl)[nH]c1=O. The van der Waals surface area contributed by atoms with E-state index in [4.69, 9.17) is 28.9 Å². The Morgan fingerprint density at radius 1 is 1.18 bits per heavy atom. The Hall–Kier alpha value is -1.29. The number of nitrogens with one attached hydrogen (secondary N) is 1. The van der Waals surface area contributed by atoms with Gasteiger partial charge in [-0.25, -0.2) is 0 Å². The fraction of sp³-hybridized carbons (Fsp3) is 0.0833. The third-order valence-corrected chi connectivity index (χ3v) is 2.98. The summed E-state index contributed by atoms with van der Waals surface area (Å²) in [6.07, 6.45) is 0. The maximum atomic E-state index is 11.6. The lowest BCUT2D eigenvalue weighted by Gasteiger charge is -2.05. The van der Waals surface area contributed by atoms with Crippen molar-refractivity contribution in [3.05, 3.63) is 56.3 Å². The fourth-order valence-corrected chi connectivity index (χ4v) is 2.04. The summed E-state index contributed by atoms with van der Waals surface area (Å²) in [6, 6.07) is 8.58. The van der Waals surface area contributed by atoms with E-state index in [2.05, 4.69) is 4.98 Å². The quantitative estimate of drug-likeness (QED) is 0.880. The Bertz CT molecular complexity index is 608. The lowest BCUT2D eigenvalue weighted by Crippen LogP contribution is -2.15. The second kappa shape index (κ2) is 4.92. The summed E-state index contributed by atoms with van der Waals surface area (Å²) in [7, 11) is 0. The number of hydrogen-bond donors (Lipinski definition) is 2. The van der Waals surface area contributed by atoms with E-state index < -0.39 is 0 Å². The van der Waals surface area contributed by atoms with Gasteiger partial charge in [0.1, 0.15) is 0 Å². The minimum Gasteiger partial charge on any atom is -0.326 e. The second-order valence-corrected chi connectivity index (χ2v) is 4.40. The number of hydrogen-bond acceptors (Lipinski definition) is 2. The van der Waals surface area contributed by atoms with Gasteiger partial charge in [-0.05, 0) is 24.3 Å². The molecule has 2 aromatic rings. The average molecular weight is 269 g/mol. The minimum atomic E-state index is -0.198. The van der Waals surface area contributed by atoms with Gasteiger partial charge >= 0.3 is 0 Å². The van der Waals surface area contributed by atoms with Crippen molar-refractivity contribution in [3.63, 3.8) is 0 Å². The standard InChI is InChI=1S/C12H10Cl2N2O/c13-8-2-3-9(10(14)5-8)11-4-1-7(6-15)12(17)16-11/h1-5H,6,15H2,(H,16,17). The molecule has 0 aliphatic rings. The van der Waals surface area contributed by atoms with Crippen LogP contribution in [-0.2, 0) is 6.54 Å². The molecule has 0 bridgehead atoms. The summed E-state index contributed by atoms with van der Waals surface area (Å²) in [5.74, 6) is 0. The molecule has 2 rings (SSSR count). The zero-order valence-electron chi connectivity index (χ0n) is 8.84. The largest absolute Gasteiger partial charge is 0.326 e. The lowest BCUT2D eigenvalue weighted by molar-refractivity contribution is 1.02. The van der Waals surface area contributed by atoms with Crippen molar-refractivity contribution < 1.29 is 0 Å². The highest BCUT2D eigenvalue weighted by atomic mass is 35.5. The van der Waals surface area contributed by atoms with E-state index in [1.54, 1.807) is 30.3 Å². The Morgan fingerprint density at radius 2 is 1.94 bits per heavy atom. The van der Waals surface area contributed by atoms with Crippen molar-refractivity contribution in [3.8, 4) is 11.3 Å². The normalized spacial score (nSPS) is 10.5. The van der Waals surface area contributed by atoms with Gasteiger partial charge in [-0.2, -0.15) is 0 Å². The molecule has 1 aromatic carbocycles. The van der Waals surface area contributed by atoms with Crippen molar-refractivity contribution in [1.82, 2.24) is 4.98 Å². The summed E-state index contributed by atoms with van der Waals surface area (Å²) >= 11 is 11.9. The molecule has 88 valence electrons. The molecular weight excluding hydrogens is 259 g/mol. The number of aromatic nitrogens is 1. The summed E-state index contributed by atoms with van der Waals surface area (Å²) in [4.78, 5) is 14.4. The van der Waals surface area contributed by atoms with Gasteiger partial charge in [0.15, 0.2) is 0 Å².